The van der Waals surface area contributed by atoms with Gasteiger partial charge in [0.05, 0.1) is 12.6 Å². The number of carbonyl (C=O) groups is 1. The summed E-state index contributed by atoms with van der Waals surface area (Å²) in [6, 6.07) is -0.0983. The first kappa shape index (κ1) is 16.4. The molecular formula is C13H20N2O4S2. The fourth-order valence-electron chi connectivity index (χ4n) is 2.74. The molecule has 3 atom stereocenters. The lowest BCUT2D eigenvalue weighted by Crippen LogP contribution is -2.48. The minimum absolute atomic E-state index is 0.0255. The monoisotopic (exact) mass is 332 g/mol. The van der Waals surface area contributed by atoms with Crippen LogP contribution < -0.4 is 0 Å². The third-order valence-electron chi connectivity index (χ3n) is 4.00. The summed E-state index contributed by atoms with van der Waals surface area (Å²) in [7, 11) is -2.52. The van der Waals surface area contributed by atoms with Crippen molar-refractivity contribution in [2.24, 2.45) is 11.8 Å². The number of piperidine rings is 1. The van der Waals surface area contributed by atoms with E-state index in [-0.39, 0.29) is 21.9 Å². The molecule has 0 aliphatic carbocycles. The number of carbonyl (C=O) groups excluding carboxylic acids is 1. The molecule has 0 amide bonds. The van der Waals surface area contributed by atoms with E-state index in [1.54, 1.807) is 0 Å². The average molecular weight is 332 g/mol. The number of esters is 1. The molecule has 0 radical (unpaired) electrons. The molecule has 1 saturated heterocycles. The largest absolute Gasteiger partial charge is 0.464 e. The Morgan fingerprint density at radius 3 is 2.71 bits per heavy atom. The van der Waals surface area contributed by atoms with Crippen LogP contribution in [0.2, 0.25) is 0 Å². The molecule has 1 aliphatic heterocycles. The van der Waals surface area contributed by atoms with Crippen LogP contribution in [0.25, 0.3) is 0 Å². The number of ether oxygens (including phenoxy) is 1. The van der Waals surface area contributed by atoms with E-state index < -0.39 is 16.0 Å². The second kappa shape index (κ2) is 6.02. The highest BCUT2D eigenvalue weighted by atomic mass is 32.2. The van der Waals surface area contributed by atoms with Gasteiger partial charge in [-0.25, -0.2) is 18.2 Å². The van der Waals surface area contributed by atoms with Crippen LogP contribution in [0.4, 0.5) is 0 Å². The van der Waals surface area contributed by atoms with Gasteiger partial charge in [-0.2, -0.15) is 4.31 Å². The number of hydrogen-bond donors (Lipinski definition) is 0. The zero-order valence-corrected chi connectivity index (χ0v) is 14.2. The van der Waals surface area contributed by atoms with Gasteiger partial charge in [-0.05, 0) is 25.2 Å². The maximum Gasteiger partial charge on any atom is 0.358 e. The number of rotatable bonds is 3. The first-order valence-corrected chi connectivity index (χ1v) is 9.14. The Labute approximate surface area is 129 Å². The topological polar surface area (TPSA) is 76.6 Å². The molecule has 8 heteroatoms. The number of thiazole rings is 1. The van der Waals surface area contributed by atoms with Crippen LogP contribution in [0.3, 0.4) is 0 Å². The highest BCUT2D eigenvalue weighted by molar-refractivity contribution is 7.91. The van der Waals surface area contributed by atoms with Crippen LogP contribution in [0, 0.1) is 11.8 Å². The van der Waals surface area contributed by atoms with E-state index in [0.717, 1.165) is 17.8 Å². The highest BCUT2D eigenvalue weighted by Gasteiger charge is 2.40. The van der Waals surface area contributed by atoms with Gasteiger partial charge >= 0.3 is 5.97 Å². The zero-order chi connectivity index (χ0) is 15.8. The van der Waals surface area contributed by atoms with Gasteiger partial charge in [0.25, 0.3) is 10.0 Å². The Kier molecular flexibility index (Phi) is 4.69. The molecule has 2 heterocycles. The van der Waals surface area contributed by atoms with Gasteiger partial charge in [-0.15, -0.1) is 11.3 Å². The normalized spacial score (nSPS) is 27.5. The van der Waals surface area contributed by atoms with E-state index in [4.69, 9.17) is 0 Å². The first-order chi connectivity index (χ1) is 9.78. The third kappa shape index (κ3) is 2.97. The fraction of sp³-hybridized carbons (Fsp3) is 0.692. The molecule has 1 aromatic heterocycles. The second-order valence-electron chi connectivity index (χ2n) is 5.61. The van der Waals surface area contributed by atoms with Gasteiger partial charge in [0, 0.05) is 12.6 Å². The SMILES string of the molecule is COC(=O)c1ncsc1S(=O)(=O)N1CC(C)CC(C)C1C. The van der Waals surface area contributed by atoms with Crippen LogP contribution >= 0.6 is 11.3 Å². The van der Waals surface area contributed by atoms with Crippen LogP contribution in [-0.4, -0.2) is 43.4 Å². The summed E-state index contributed by atoms with van der Waals surface area (Å²) in [6.07, 6.45) is 1.000. The molecular weight excluding hydrogens is 312 g/mol. The highest BCUT2D eigenvalue weighted by Crippen LogP contribution is 2.34. The minimum Gasteiger partial charge on any atom is -0.464 e. The molecule has 21 heavy (non-hydrogen) atoms. The van der Waals surface area contributed by atoms with Gasteiger partial charge in [0.2, 0.25) is 0 Å². The fourth-order valence-corrected chi connectivity index (χ4v) is 5.83. The summed E-state index contributed by atoms with van der Waals surface area (Å²) >= 11 is 0.957. The Morgan fingerprint density at radius 2 is 2.10 bits per heavy atom. The van der Waals surface area contributed by atoms with E-state index >= 15 is 0 Å². The Hall–Kier alpha value is -0.990. The van der Waals surface area contributed by atoms with Crippen molar-refractivity contribution in [3.05, 3.63) is 11.2 Å². The maximum atomic E-state index is 12.9. The van der Waals surface area contributed by atoms with E-state index in [1.165, 1.54) is 16.9 Å². The van der Waals surface area contributed by atoms with Crippen molar-refractivity contribution in [1.29, 1.82) is 0 Å². The van der Waals surface area contributed by atoms with Crippen molar-refractivity contribution in [3.63, 3.8) is 0 Å². The number of nitrogens with zero attached hydrogens (tertiary/aromatic N) is 2. The van der Waals surface area contributed by atoms with Crippen LogP contribution in [0.15, 0.2) is 9.72 Å². The van der Waals surface area contributed by atoms with Gasteiger partial charge in [-0.1, -0.05) is 13.8 Å². The molecule has 0 N–H and O–H groups in total. The van der Waals surface area contributed by atoms with Crippen molar-refractivity contribution >= 4 is 27.3 Å². The maximum absolute atomic E-state index is 12.9. The Morgan fingerprint density at radius 1 is 1.43 bits per heavy atom. The van der Waals surface area contributed by atoms with E-state index in [2.05, 4.69) is 16.6 Å². The summed E-state index contributed by atoms with van der Waals surface area (Å²) in [4.78, 5) is 15.5. The molecule has 1 aliphatic rings. The number of hydrogen-bond acceptors (Lipinski definition) is 6. The van der Waals surface area contributed by atoms with Crippen molar-refractivity contribution in [3.8, 4) is 0 Å². The molecule has 2 rings (SSSR count). The summed E-state index contributed by atoms with van der Waals surface area (Å²) in [5.74, 6) is -0.154. The summed E-state index contributed by atoms with van der Waals surface area (Å²) in [5.41, 5.74) is 1.24. The Bertz CT molecular complexity index is 626. The van der Waals surface area contributed by atoms with Crippen molar-refractivity contribution in [2.75, 3.05) is 13.7 Å². The lowest BCUT2D eigenvalue weighted by Gasteiger charge is -2.39. The van der Waals surface area contributed by atoms with Crippen LogP contribution in [-0.2, 0) is 14.8 Å². The quantitative estimate of drug-likeness (QED) is 0.791. The van der Waals surface area contributed by atoms with Crippen molar-refractivity contribution < 1.29 is 17.9 Å². The molecule has 0 spiro atoms. The van der Waals surface area contributed by atoms with Crippen LogP contribution in [0.5, 0.6) is 0 Å². The van der Waals surface area contributed by atoms with Crippen molar-refractivity contribution in [2.45, 2.75) is 37.4 Å². The molecule has 0 aromatic carbocycles. The van der Waals surface area contributed by atoms with E-state index in [9.17, 15) is 13.2 Å². The predicted molar refractivity (Wildman–Crippen MR) is 79.8 cm³/mol. The standard InChI is InChI=1S/C13H20N2O4S2/c1-8-5-9(2)10(3)15(6-8)21(17,18)13-11(12(16)19-4)14-7-20-13/h7-10H,5-6H2,1-4H3. The summed E-state index contributed by atoms with van der Waals surface area (Å²) in [6.45, 7) is 6.47. The summed E-state index contributed by atoms with van der Waals surface area (Å²) < 4.78 is 31.8. The second-order valence-corrected chi connectivity index (χ2v) is 8.55. The van der Waals surface area contributed by atoms with Crippen molar-refractivity contribution in [1.82, 2.24) is 9.29 Å². The van der Waals surface area contributed by atoms with Gasteiger partial charge in [0.1, 0.15) is 0 Å². The molecule has 0 bridgehead atoms. The smallest absolute Gasteiger partial charge is 0.358 e. The minimum atomic E-state index is -3.73. The molecule has 1 aromatic rings. The van der Waals surface area contributed by atoms with E-state index in [0.29, 0.717) is 12.5 Å². The van der Waals surface area contributed by atoms with Gasteiger partial charge < -0.3 is 4.74 Å². The zero-order valence-electron chi connectivity index (χ0n) is 12.6. The molecule has 118 valence electrons. The van der Waals surface area contributed by atoms with Gasteiger partial charge in [-0.3, -0.25) is 0 Å². The number of aromatic nitrogens is 1. The van der Waals surface area contributed by atoms with E-state index in [1.807, 2.05) is 13.8 Å². The Balaban J connectivity index is 2.42. The molecule has 6 nitrogen and oxygen atoms in total. The number of methoxy groups -OCH3 is 1. The molecule has 0 saturated carbocycles. The lowest BCUT2D eigenvalue weighted by molar-refractivity contribution is 0.0590. The van der Waals surface area contributed by atoms with Crippen LogP contribution in [0.1, 0.15) is 37.7 Å². The number of sulfonamides is 1. The summed E-state index contributed by atoms with van der Waals surface area (Å²) in [5, 5.41) is 0. The average Bonchev–Trinajstić information content (AvgIpc) is 2.91. The lowest BCUT2D eigenvalue weighted by atomic mass is 9.88. The molecule has 1 fully saturated rings. The predicted octanol–water partition coefficient (Wildman–Crippen LogP) is 1.98. The molecule has 3 unspecified atom stereocenters. The third-order valence-corrected chi connectivity index (χ3v) is 7.30. The first-order valence-electron chi connectivity index (χ1n) is 6.82. The van der Waals surface area contributed by atoms with Gasteiger partial charge in [0.15, 0.2) is 9.90 Å².